The van der Waals surface area contributed by atoms with Crippen LogP contribution in [0.1, 0.15) is 19.8 Å². The summed E-state index contributed by atoms with van der Waals surface area (Å²) in [6.45, 7) is 5.40. The molecule has 2 rings (SSSR count). The fourth-order valence-corrected chi connectivity index (χ4v) is 2.57. The van der Waals surface area contributed by atoms with E-state index in [1.54, 1.807) is 6.33 Å². The molecule has 0 radical (unpaired) electrons. The van der Waals surface area contributed by atoms with E-state index >= 15 is 0 Å². The van der Waals surface area contributed by atoms with Gasteiger partial charge in [0.2, 0.25) is 0 Å². The number of nitrogens with zero attached hydrogens (tertiary/aromatic N) is 3. The van der Waals surface area contributed by atoms with Gasteiger partial charge in [-0.3, -0.25) is 0 Å². The highest BCUT2D eigenvalue weighted by Crippen LogP contribution is 2.25. The second kappa shape index (κ2) is 5.59. The molecule has 88 valence electrons. The summed E-state index contributed by atoms with van der Waals surface area (Å²) in [5, 5.41) is 3.40. The van der Waals surface area contributed by atoms with Gasteiger partial charge in [0, 0.05) is 25.3 Å². The van der Waals surface area contributed by atoms with E-state index in [4.69, 9.17) is 0 Å². The molecule has 0 bridgehead atoms. The first-order valence-electron chi connectivity index (χ1n) is 5.75. The lowest BCUT2D eigenvalue weighted by Crippen LogP contribution is -2.38. The minimum Gasteiger partial charge on any atom is -0.351 e. The highest BCUT2D eigenvalue weighted by Gasteiger charge is 2.24. The summed E-state index contributed by atoms with van der Waals surface area (Å²) in [5.41, 5.74) is 0. The molecule has 0 saturated carbocycles. The van der Waals surface area contributed by atoms with E-state index in [9.17, 15) is 0 Å². The number of hydrogen-bond donors (Lipinski definition) is 1. The molecule has 1 N–H and O–H groups in total. The topological polar surface area (TPSA) is 41.1 Å². The number of aromatic nitrogens is 2. The Labute approximate surface area is 105 Å². The first-order chi connectivity index (χ1) is 7.83. The number of hydrogen-bond acceptors (Lipinski definition) is 4. The average Bonchev–Trinajstić information content (AvgIpc) is 2.80. The third-order valence-electron chi connectivity index (χ3n) is 2.86. The molecule has 1 aliphatic rings. The van der Waals surface area contributed by atoms with Gasteiger partial charge in [-0.1, -0.05) is 6.92 Å². The Morgan fingerprint density at radius 3 is 3.12 bits per heavy atom. The number of anilines is 1. The maximum Gasteiger partial charge on any atom is 0.146 e. The maximum absolute atomic E-state index is 4.38. The maximum atomic E-state index is 4.38. The molecule has 0 spiro atoms. The van der Waals surface area contributed by atoms with Gasteiger partial charge in [0.15, 0.2) is 0 Å². The zero-order valence-corrected chi connectivity index (χ0v) is 11.1. The van der Waals surface area contributed by atoms with Crippen molar-refractivity contribution in [2.45, 2.75) is 25.8 Å². The Bertz CT molecular complexity index is 339. The normalized spacial score (nSPS) is 20.0. The molecule has 1 aromatic heterocycles. The van der Waals surface area contributed by atoms with Gasteiger partial charge in [-0.05, 0) is 35.3 Å². The Kier molecular flexibility index (Phi) is 4.12. The van der Waals surface area contributed by atoms with E-state index in [1.165, 1.54) is 6.42 Å². The summed E-state index contributed by atoms with van der Waals surface area (Å²) >= 11 is 3.53. The summed E-state index contributed by atoms with van der Waals surface area (Å²) < 4.78 is 0.982. The van der Waals surface area contributed by atoms with Crippen molar-refractivity contribution in [3.63, 3.8) is 0 Å². The van der Waals surface area contributed by atoms with Crippen LogP contribution in [0.15, 0.2) is 17.0 Å². The Morgan fingerprint density at radius 1 is 1.62 bits per heavy atom. The SMILES string of the molecule is CCCN(c1ncncc1Br)C1CCNC1. The van der Waals surface area contributed by atoms with Gasteiger partial charge in [0.25, 0.3) is 0 Å². The highest BCUT2D eigenvalue weighted by molar-refractivity contribution is 9.10. The molecule has 16 heavy (non-hydrogen) atoms. The number of halogens is 1. The summed E-state index contributed by atoms with van der Waals surface area (Å²) in [4.78, 5) is 10.8. The molecule has 1 saturated heterocycles. The van der Waals surface area contributed by atoms with Gasteiger partial charge in [-0.15, -0.1) is 0 Å². The fourth-order valence-electron chi connectivity index (χ4n) is 2.13. The molecule has 0 aliphatic carbocycles. The molecular formula is C11H17BrN4. The van der Waals surface area contributed by atoms with Crippen LogP contribution >= 0.6 is 15.9 Å². The second-order valence-corrected chi connectivity index (χ2v) is 4.89. The molecular weight excluding hydrogens is 268 g/mol. The predicted molar refractivity (Wildman–Crippen MR) is 68.6 cm³/mol. The van der Waals surface area contributed by atoms with Crippen molar-refractivity contribution in [2.75, 3.05) is 24.5 Å². The van der Waals surface area contributed by atoms with Crippen LogP contribution in [0.25, 0.3) is 0 Å². The third-order valence-corrected chi connectivity index (χ3v) is 3.42. The molecule has 1 aromatic rings. The zero-order valence-electron chi connectivity index (χ0n) is 9.49. The Hall–Kier alpha value is -0.680. The summed E-state index contributed by atoms with van der Waals surface area (Å²) in [6.07, 6.45) is 5.75. The van der Waals surface area contributed by atoms with Crippen LogP contribution < -0.4 is 10.2 Å². The van der Waals surface area contributed by atoms with Crippen molar-refractivity contribution in [1.29, 1.82) is 0 Å². The quantitative estimate of drug-likeness (QED) is 0.916. The minimum absolute atomic E-state index is 0.561. The number of rotatable bonds is 4. The summed E-state index contributed by atoms with van der Waals surface area (Å²) in [5.74, 6) is 1.02. The van der Waals surface area contributed by atoms with E-state index in [0.29, 0.717) is 6.04 Å². The second-order valence-electron chi connectivity index (χ2n) is 4.03. The molecule has 2 heterocycles. The van der Waals surface area contributed by atoms with E-state index < -0.39 is 0 Å². The standard InChI is InChI=1S/C11H17BrN4/c1-2-5-16(9-3-4-13-6-9)11-10(12)7-14-8-15-11/h7-9,13H,2-6H2,1H3. The third kappa shape index (κ3) is 2.52. The lowest BCUT2D eigenvalue weighted by Gasteiger charge is -2.29. The molecule has 1 fully saturated rings. The van der Waals surface area contributed by atoms with Crippen LogP contribution in [0.4, 0.5) is 5.82 Å². The molecule has 1 aliphatic heterocycles. The van der Waals surface area contributed by atoms with Crippen molar-refractivity contribution in [1.82, 2.24) is 15.3 Å². The minimum atomic E-state index is 0.561. The van der Waals surface area contributed by atoms with Crippen LogP contribution in [0.2, 0.25) is 0 Å². The van der Waals surface area contributed by atoms with Gasteiger partial charge in [0.1, 0.15) is 12.1 Å². The molecule has 5 heteroatoms. The fraction of sp³-hybridized carbons (Fsp3) is 0.636. The molecule has 1 unspecified atom stereocenters. The van der Waals surface area contributed by atoms with Crippen LogP contribution in [0.3, 0.4) is 0 Å². The van der Waals surface area contributed by atoms with Crippen LogP contribution in [-0.4, -0.2) is 35.6 Å². The first-order valence-corrected chi connectivity index (χ1v) is 6.55. The van der Waals surface area contributed by atoms with Crippen LogP contribution in [0.5, 0.6) is 0 Å². The van der Waals surface area contributed by atoms with Crippen molar-refractivity contribution >= 4 is 21.7 Å². The van der Waals surface area contributed by atoms with Gasteiger partial charge in [-0.25, -0.2) is 9.97 Å². The summed E-state index contributed by atoms with van der Waals surface area (Å²) in [6, 6.07) is 0.561. The smallest absolute Gasteiger partial charge is 0.146 e. The van der Waals surface area contributed by atoms with E-state index in [-0.39, 0.29) is 0 Å². The van der Waals surface area contributed by atoms with Crippen LogP contribution in [0, 0.1) is 0 Å². The first kappa shape index (κ1) is 11.8. The van der Waals surface area contributed by atoms with E-state index in [1.807, 2.05) is 6.20 Å². The zero-order chi connectivity index (χ0) is 11.4. The van der Waals surface area contributed by atoms with Gasteiger partial charge in [-0.2, -0.15) is 0 Å². The lowest BCUT2D eigenvalue weighted by atomic mass is 10.2. The Morgan fingerprint density at radius 2 is 2.50 bits per heavy atom. The Balaban J connectivity index is 2.21. The molecule has 1 atom stereocenters. The van der Waals surface area contributed by atoms with E-state index in [0.717, 1.165) is 36.3 Å². The monoisotopic (exact) mass is 284 g/mol. The average molecular weight is 285 g/mol. The van der Waals surface area contributed by atoms with Crippen molar-refractivity contribution in [2.24, 2.45) is 0 Å². The van der Waals surface area contributed by atoms with Crippen LogP contribution in [-0.2, 0) is 0 Å². The molecule has 0 aromatic carbocycles. The van der Waals surface area contributed by atoms with Crippen molar-refractivity contribution in [3.8, 4) is 0 Å². The van der Waals surface area contributed by atoms with Gasteiger partial charge < -0.3 is 10.2 Å². The molecule has 4 nitrogen and oxygen atoms in total. The highest BCUT2D eigenvalue weighted by atomic mass is 79.9. The molecule has 0 amide bonds. The largest absolute Gasteiger partial charge is 0.351 e. The van der Waals surface area contributed by atoms with E-state index in [2.05, 4.69) is 43.0 Å². The van der Waals surface area contributed by atoms with Crippen molar-refractivity contribution in [3.05, 3.63) is 17.0 Å². The predicted octanol–water partition coefficient (Wildman–Crippen LogP) is 1.82. The van der Waals surface area contributed by atoms with Gasteiger partial charge in [0.05, 0.1) is 4.47 Å². The lowest BCUT2D eigenvalue weighted by molar-refractivity contribution is 0.616. The number of nitrogens with one attached hydrogen (secondary N) is 1. The van der Waals surface area contributed by atoms with Crippen molar-refractivity contribution < 1.29 is 0 Å². The summed E-state index contributed by atoms with van der Waals surface area (Å²) in [7, 11) is 0. The van der Waals surface area contributed by atoms with Gasteiger partial charge >= 0.3 is 0 Å².